The Labute approximate surface area is 112 Å². The van der Waals surface area contributed by atoms with Crippen molar-refractivity contribution >= 4 is 11.3 Å². The van der Waals surface area contributed by atoms with Gasteiger partial charge in [-0.15, -0.1) is 11.3 Å². The lowest BCUT2D eigenvalue weighted by atomic mass is 10.1. The molecule has 1 aromatic heterocycles. The Morgan fingerprint density at radius 2 is 1.89 bits per heavy atom. The van der Waals surface area contributed by atoms with Crippen LogP contribution in [0.4, 0.5) is 4.39 Å². The summed E-state index contributed by atoms with van der Waals surface area (Å²) in [7, 11) is 0. The standard InChI is InChI=1S/C15H18FNS/c1-10(2)17-8-13-9-18-15(11(13)3)12-4-6-14(16)7-5-12/h4-7,9-10,17H,8H2,1-3H3. The van der Waals surface area contributed by atoms with Gasteiger partial charge in [0, 0.05) is 17.5 Å². The van der Waals surface area contributed by atoms with Crippen molar-refractivity contribution in [2.24, 2.45) is 0 Å². The van der Waals surface area contributed by atoms with Crippen molar-refractivity contribution in [3.63, 3.8) is 0 Å². The molecule has 0 aliphatic carbocycles. The van der Waals surface area contributed by atoms with Crippen LogP contribution in [0.3, 0.4) is 0 Å². The van der Waals surface area contributed by atoms with Crippen LogP contribution in [0.1, 0.15) is 25.0 Å². The van der Waals surface area contributed by atoms with E-state index < -0.39 is 0 Å². The molecule has 0 radical (unpaired) electrons. The Hall–Kier alpha value is -1.19. The van der Waals surface area contributed by atoms with Gasteiger partial charge in [0.05, 0.1) is 0 Å². The highest BCUT2D eigenvalue weighted by molar-refractivity contribution is 7.14. The van der Waals surface area contributed by atoms with Gasteiger partial charge in [-0.2, -0.15) is 0 Å². The highest BCUT2D eigenvalue weighted by Gasteiger charge is 2.09. The summed E-state index contributed by atoms with van der Waals surface area (Å²) in [6.07, 6.45) is 0. The van der Waals surface area contributed by atoms with E-state index in [2.05, 4.69) is 31.5 Å². The molecule has 1 N–H and O–H groups in total. The first-order valence-corrected chi connectivity index (χ1v) is 7.02. The summed E-state index contributed by atoms with van der Waals surface area (Å²) in [6.45, 7) is 7.30. The van der Waals surface area contributed by atoms with Crippen molar-refractivity contribution in [3.05, 3.63) is 46.6 Å². The van der Waals surface area contributed by atoms with Gasteiger partial charge in [-0.3, -0.25) is 0 Å². The van der Waals surface area contributed by atoms with Crippen molar-refractivity contribution in [1.29, 1.82) is 0 Å². The van der Waals surface area contributed by atoms with Crippen molar-refractivity contribution in [2.75, 3.05) is 0 Å². The average molecular weight is 263 g/mol. The minimum Gasteiger partial charge on any atom is -0.310 e. The molecule has 0 bridgehead atoms. The molecule has 1 nitrogen and oxygen atoms in total. The second kappa shape index (κ2) is 5.63. The van der Waals surface area contributed by atoms with Crippen LogP contribution in [0.25, 0.3) is 10.4 Å². The van der Waals surface area contributed by atoms with Gasteiger partial charge in [-0.25, -0.2) is 4.39 Å². The Balaban J connectivity index is 2.22. The van der Waals surface area contributed by atoms with E-state index in [-0.39, 0.29) is 5.82 Å². The summed E-state index contributed by atoms with van der Waals surface area (Å²) in [6, 6.07) is 7.20. The SMILES string of the molecule is Cc1c(CNC(C)C)csc1-c1ccc(F)cc1. The van der Waals surface area contributed by atoms with Gasteiger partial charge in [-0.1, -0.05) is 26.0 Å². The monoisotopic (exact) mass is 263 g/mol. The fourth-order valence-electron chi connectivity index (χ4n) is 1.83. The van der Waals surface area contributed by atoms with Crippen molar-refractivity contribution in [3.8, 4) is 10.4 Å². The van der Waals surface area contributed by atoms with Crippen LogP contribution in [-0.2, 0) is 6.54 Å². The fourth-order valence-corrected chi connectivity index (χ4v) is 2.93. The lowest BCUT2D eigenvalue weighted by molar-refractivity contribution is 0.588. The van der Waals surface area contributed by atoms with Crippen LogP contribution < -0.4 is 5.32 Å². The third-order valence-corrected chi connectivity index (χ3v) is 4.13. The number of rotatable bonds is 4. The second-order valence-electron chi connectivity index (χ2n) is 4.76. The summed E-state index contributed by atoms with van der Waals surface area (Å²) in [5, 5.41) is 5.61. The van der Waals surface area contributed by atoms with E-state index in [1.807, 2.05) is 12.1 Å². The van der Waals surface area contributed by atoms with Crippen LogP contribution in [0.5, 0.6) is 0 Å². The van der Waals surface area contributed by atoms with Crippen LogP contribution in [0.2, 0.25) is 0 Å². The topological polar surface area (TPSA) is 12.0 Å². The normalized spacial score (nSPS) is 11.2. The molecule has 18 heavy (non-hydrogen) atoms. The quantitative estimate of drug-likeness (QED) is 0.864. The largest absolute Gasteiger partial charge is 0.310 e. The molecule has 0 amide bonds. The molecule has 2 rings (SSSR count). The minimum absolute atomic E-state index is 0.186. The molecular weight excluding hydrogens is 245 g/mol. The van der Waals surface area contributed by atoms with Gasteiger partial charge in [0.1, 0.15) is 5.82 Å². The molecule has 0 saturated heterocycles. The predicted molar refractivity (Wildman–Crippen MR) is 76.4 cm³/mol. The van der Waals surface area contributed by atoms with Gasteiger partial charge >= 0.3 is 0 Å². The van der Waals surface area contributed by atoms with E-state index in [4.69, 9.17) is 0 Å². The number of nitrogens with one attached hydrogen (secondary N) is 1. The Morgan fingerprint density at radius 3 is 2.50 bits per heavy atom. The third kappa shape index (κ3) is 2.98. The number of hydrogen-bond acceptors (Lipinski definition) is 2. The average Bonchev–Trinajstić information content (AvgIpc) is 2.69. The molecule has 1 aromatic carbocycles. The summed E-state index contributed by atoms with van der Waals surface area (Å²) in [5.74, 6) is -0.186. The van der Waals surface area contributed by atoms with Crippen molar-refractivity contribution in [1.82, 2.24) is 5.32 Å². The van der Waals surface area contributed by atoms with Gasteiger partial charge in [-0.05, 0) is 41.1 Å². The van der Waals surface area contributed by atoms with Crippen molar-refractivity contribution in [2.45, 2.75) is 33.4 Å². The number of hydrogen-bond donors (Lipinski definition) is 1. The van der Waals surface area contributed by atoms with E-state index in [9.17, 15) is 4.39 Å². The van der Waals surface area contributed by atoms with Gasteiger partial charge < -0.3 is 5.32 Å². The summed E-state index contributed by atoms with van der Waals surface area (Å²) >= 11 is 1.72. The Kier molecular flexibility index (Phi) is 4.15. The lowest BCUT2D eigenvalue weighted by Crippen LogP contribution is -2.21. The maximum atomic E-state index is 12.9. The first kappa shape index (κ1) is 13.2. The summed E-state index contributed by atoms with van der Waals surface area (Å²) in [5.41, 5.74) is 3.71. The third-order valence-electron chi connectivity index (χ3n) is 2.95. The molecule has 3 heteroatoms. The zero-order chi connectivity index (χ0) is 13.1. The minimum atomic E-state index is -0.186. The number of benzene rings is 1. The zero-order valence-corrected chi connectivity index (χ0v) is 11.8. The Bertz CT molecular complexity index is 514. The first-order chi connectivity index (χ1) is 8.58. The molecule has 96 valence electrons. The highest BCUT2D eigenvalue weighted by atomic mass is 32.1. The zero-order valence-electron chi connectivity index (χ0n) is 11.0. The van der Waals surface area contributed by atoms with Crippen LogP contribution in [0, 0.1) is 12.7 Å². The maximum Gasteiger partial charge on any atom is 0.123 e. The summed E-state index contributed by atoms with van der Waals surface area (Å²) < 4.78 is 12.9. The van der Waals surface area contributed by atoms with Gasteiger partial charge in [0.15, 0.2) is 0 Å². The molecule has 2 aromatic rings. The Morgan fingerprint density at radius 1 is 1.22 bits per heavy atom. The van der Waals surface area contributed by atoms with Gasteiger partial charge in [0.2, 0.25) is 0 Å². The second-order valence-corrected chi connectivity index (χ2v) is 5.64. The summed E-state index contributed by atoms with van der Waals surface area (Å²) in [4.78, 5) is 1.23. The van der Waals surface area contributed by atoms with Crippen molar-refractivity contribution < 1.29 is 4.39 Å². The van der Waals surface area contributed by atoms with E-state index in [0.29, 0.717) is 6.04 Å². The number of halogens is 1. The van der Waals surface area contributed by atoms with E-state index >= 15 is 0 Å². The van der Waals surface area contributed by atoms with Gasteiger partial charge in [0.25, 0.3) is 0 Å². The maximum absolute atomic E-state index is 12.9. The predicted octanol–water partition coefficient (Wildman–Crippen LogP) is 4.36. The molecule has 0 saturated carbocycles. The van der Waals surface area contributed by atoms with E-state index in [0.717, 1.165) is 12.1 Å². The molecule has 0 aliphatic heterocycles. The highest BCUT2D eigenvalue weighted by Crippen LogP contribution is 2.32. The number of thiophene rings is 1. The fraction of sp³-hybridized carbons (Fsp3) is 0.333. The first-order valence-electron chi connectivity index (χ1n) is 6.14. The van der Waals surface area contributed by atoms with E-state index in [1.165, 1.54) is 28.1 Å². The smallest absolute Gasteiger partial charge is 0.123 e. The molecule has 0 atom stereocenters. The lowest BCUT2D eigenvalue weighted by Gasteiger charge is -2.08. The van der Waals surface area contributed by atoms with Crippen LogP contribution in [-0.4, -0.2) is 6.04 Å². The molecule has 0 unspecified atom stereocenters. The molecule has 1 heterocycles. The van der Waals surface area contributed by atoms with E-state index in [1.54, 1.807) is 11.3 Å². The molecule has 0 aliphatic rings. The van der Waals surface area contributed by atoms with Crippen LogP contribution in [0.15, 0.2) is 29.6 Å². The molecule has 0 fully saturated rings. The molecular formula is C15H18FNS. The molecule has 0 spiro atoms. The van der Waals surface area contributed by atoms with Crippen LogP contribution >= 0.6 is 11.3 Å².